The molecule has 0 radical (unpaired) electrons. The van der Waals surface area contributed by atoms with Crippen LogP contribution in [0.5, 0.6) is 0 Å². The molecule has 0 saturated heterocycles. The van der Waals surface area contributed by atoms with E-state index in [1.54, 1.807) is 11.3 Å². The van der Waals surface area contributed by atoms with E-state index in [0.29, 0.717) is 16.9 Å². The molecule has 0 aliphatic heterocycles. The lowest BCUT2D eigenvalue weighted by atomic mass is 9.43. The van der Waals surface area contributed by atoms with Crippen molar-refractivity contribution in [2.24, 2.45) is 28.5 Å². The summed E-state index contributed by atoms with van der Waals surface area (Å²) in [5, 5.41) is 3.40. The lowest BCUT2D eigenvalue weighted by Gasteiger charge is -2.63. The van der Waals surface area contributed by atoms with Gasteiger partial charge in [-0.2, -0.15) is 0 Å². The monoisotopic (exact) mass is 305 g/mol. The second-order valence-corrected chi connectivity index (χ2v) is 9.38. The molecule has 4 saturated carbocycles. The molecule has 4 aliphatic rings. The number of hydrogen-bond donors (Lipinski definition) is 2. The highest BCUT2D eigenvalue weighted by Gasteiger charge is 2.58. The number of hydrogen-bond acceptors (Lipinski definition) is 4. The van der Waals surface area contributed by atoms with Crippen molar-refractivity contribution in [2.45, 2.75) is 64.8 Å². The van der Waals surface area contributed by atoms with E-state index in [4.69, 9.17) is 5.84 Å². The van der Waals surface area contributed by atoms with Crippen LogP contribution in [0.4, 0.5) is 0 Å². The van der Waals surface area contributed by atoms with Crippen molar-refractivity contribution < 1.29 is 0 Å². The zero-order valence-corrected chi connectivity index (χ0v) is 14.0. The van der Waals surface area contributed by atoms with Crippen LogP contribution in [0.15, 0.2) is 5.38 Å². The van der Waals surface area contributed by atoms with Crippen LogP contribution in [0.25, 0.3) is 0 Å². The molecule has 4 aliphatic carbocycles. The molecule has 4 heteroatoms. The van der Waals surface area contributed by atoms with E-state index in [1.165, 1.54) is 43.5 Å². The summed E-state index contributed by atoms with van der Waals surface area (Å²) in [4.78, 5) is 4.67. The Morgan fingerprint density at radius 1 is 1.38 bits per heavy atom. The molecule has 1 aromatic heterocycles. The van der Waals surface area contributed by atoms with Crippen molar-refractivity contribution in [1.82, 2.24) is 10.4 Å². The highest BCUT2D eigenvalue weighted by Crippen LogP contribution is 2.66. The molecule has 5 rings (SSSR count). The fourth-order valence-electron chi connectivity index (χ4n) is 6.33. The van der Waals surface area contributed by atoms with E-state index in [2.05, 4.69) is 29.6 Å². The first-order chi connectivity index (χ1) is 10.0. The van der Waals surface area contributed by atoms with Gasteiger partial charge in [0.1, 0.15) is 0 Å². The molecule has 21 heavy (non-hydrogen) atoms. The van der Waals surface area contributed by atoms with Gasteiger partial charge in [0.05, 0.1) is 5.01 Å². The minimum atomic E-state index is 0.397. The zero-order valence-electron chi connectivity index (χ0n) is 13.2. The Bertz CT molecular complexity index is 524. The average molecular weight is 305 g/mol. The first-order valence-corrected chi connectivity index (χ1v) is 9.25. The molecule has 0 amide bonds. The summed E-state index contributed by atoms with van der Waals surface area (Å²) in [7, 11) is 0. The normalized spacial score (nSPS) is 42.4. The van der Waals surface area contributed by atoms with Gasteiger partial charge in [-0.05, 0) is 68.1 Å². The molecule has 3 nitrogen and oxygen atoms in total. The van der Waals surface area contributed by atoms with E-state index in [9.17, 15) is 0 Å². The lowest BCUT2D eigenvalue weighted by Crippen LogP contribution is -2.60. The number of aromatic nitrogens is 1. The van der Waals surface area contributed by atoms with Crippen LogP contribution < -0.4 is 11.3 Å². The van der Waals surface area contributed by atoms with Gasteiger partial charge in [-0.3, -0.25) is 11.3 Å². The largest absolute Gasteiger partial charge is 0.271 e. The van der Waals surface area contributed by atoms with E-state index < -0.39 is 0 Å². The molecule has 0 spiro atoms. The number of thiazole rings is 1. The Hall–Kier alpha value is -0.450. The van der Waals surface area contributed by atoms with Crippen LogP contribution in [0.2, 0.25) is 0 Å². The first kappa shape index (κ1) is 14.2. The molecular formula is C17H27N3S. The minimum Gasteiger partial charge on any atom is -0.271 e. The van der Waals surface area contributed by atoms with Crippen molar-refractivity contribution in [3.63, 3.8) is 0 Å². The third-order valence-electron chi connectivity index (χ3n) is 6.38. The number of rotatable bonds is 4. The Labute approximate surface area is 131 Å². The Balaban J connectivity index is 1.60. The molecule has 4 bridgehead atoms. The number of nitrogens with two attached hydrogens (primary N) is 1. The molecule has 3 N–H and O–H groups in total. The standard InChI is InChI=1S/C17H27N3S/c1-11-9-21-15(19-11)4-14(20-18)17-7-12-3-13(8-17)6-16(2,5-12)10-17/h9,12-14,20H,3-8,10,18H2,1-2H3. The van der Waals surface area contributed by atoms with E-state index >= 15 is 0 Å². The summed E-state index contributed by atoms with van der Waals surface area (Å²) < 4.78 is 0. The van der Waals surface area contributed by atoms with Gasteiger partial charge in [-0.1, -0.05) is 6.92 Å². The van der Waals surface area contributed by atoms with Crippen molar-refractivity contribution in [1.29, 1.82) is 0 Å². The molecule has 3 unspecified atom stereocenters. The molecular weight excluding hydrogens is 278 g/mol. The second kappa shape index (κ2) is 4.77. The topological polar surface area (TPSA) is 50.9 Å². The maximum Gasteiger partial charge on any atom is 0.0944 e. The average Bonchev–Trinajstić information content (AvgIpc) is 2.78. The van der Waals surface area contributed by atoms with Gasteiger partial charge in [0.2, 0.25) is 0 Å². The van der Waals surface area contributed by atoms with Gasteiger partial charge in [-0.15, -0.1) is 11.3 Å². The predicted molar refractivity (Wildman–Crippen MR) is 86.9 cm³/mol. The van der Waals surface area contributed by atoms with Gasteiger partial charge in [0, 0.05) is 23.5 Å². The summed E-state index contributed by atoms with van der Waals surface area (Å²) >= 11 is 1.79. The van der Waals surface area contributed by atoms with E-state index in [-0.39, 0.29) is 0 Å². The summed E-state index contributed by atoms with van der Waals surface area (Å²) in [6.45, 7) is 4.61. The van der Waals surface area contributed by atoms with Crippen molar-refractivity contribution in [3.05, 3.63) is 16.1 Å². The maximum atomic E-state index is 6.02. The van der Waals surface area contributed by atoms with Gasteiger partial charge in [-0.25, -0.2) is 4.98 Å². The molecule has 1 heterocycles. The summed E-state index contributed by atoms with van der Waals surface area (Å²) in [6, 6.07) is 0.397. The van der Waals surface area contributed by atoms with Gasteiger partial charge in [0.25, 0.3) is 0 Å². The molecule has 0 aromatic carbocycles. The maximum absolute atomic E-state index is 6.02. The first-order valence-electron chi connectivity index (χ1n) is 8.37. The third-order valence-corrected chi connectivity index (χ3v) is 7.37. The van der Waals surface area contributed by atoms with Crippen LogP contribution in [0.3, 0.4) is 0 Å². The SMILES string of the molecule is Cc1csc(CC(NN)C23CC4CC(CC(C)(C4)C2)C3)n1. The Morgan fingerprint density at radius 2 is 2.10 bits per heavy atom. The molecule has 116 valence electrons. The van der Waals surface area contributed by atoms with Gasteiger partial charge < -0.3 is 0 Å². The van der Waals surface area contributed by atoms with Crippen molar-refractivity contribution >= 4 is 11.3 Å². The molecule has 1 aromatic rings. The van der Waals surface area contributed by atoms with E-state index in [0.717, 1.165) is 24.0 Å². The van der Waals surface area contributed by atoms with Crippen LogP contribution in [0.1, 0.15) is 56.2 Å². The third kappa shape index (κ3) is 2.36. The van der Waals surface area contributed by atoms with Crippen LogP contribution in [-0.4, -0.2) is 11.0 Å². The van der Waals surface area contributed by atoms with Crippen LogP contribution in [0, 0.1) is 29.6 Å². The van der Waals surface area contributed by atoms with Crippen molar-refractivity contribution in [2.75, 3.05) is 0 Å². The summed E-state index contributed by atoms with van der Waals surface area (Å²) in [6.07, 6.45) is 9.54. The smallest absolute Gasteiger partial charge is 0.0944 e. The highest BCUT2D eigenvalue weighted by atomic mass is 32.1. The zero-order chi connectivity index (χ0) is 14.7. The highest BCUT2D eigenvalue weighted by molar-refractivity contribution is 7.09. The fraction of sp³-hybridized carbons (Fsp3) is 0.824. The Morgan fingerprint density at radius 3 is 2.62 bits per heavy atom. The molecule has 4 fully saturated rings. The minimum absolute atomic E-state index is 0.397. The molecule has 3 atom stereocenters. The predicted octanol–water partition coefficient (Wildman–Crippen LogP) is 3.43. The fourth-order valence-corrected chi connectivity index (χ4v) is 7.15. The quantitative estimate of drug-likeness (QED) is 0.662. The summed E-state index contributed by atoms with van der Waals surface area (Å²) in [5.74, 6) is 7.92. The van der Waals surface area contributed by atoms with Gasteiger partial charge in [0.15, 0.2) is 0 Å². The summed E-state index contributed by atoms with van der Waals surface area (Å²) in [5.41, 5.74) is 5.35. The number of nitrogens with zero attached hydrogens (tertiary/aromatic N) is 1. The second-order valence-electron chi connectivity index (χ2n) is 8.44. The number of aryl methyl sites for hydroxylation is 1. The van der Waals surface area contributed by atoms with Gasteiger partial charge >= 0.3 is 0 Å². The van der Waals surface area contributed by atoms with E-state index in [1.807, 2.05) is 0 Å². The van der Waals surface area contributed by atoms with Crippen LogP contribution >= 0.6 is 11.3 Å². The number of hydrazine groups is 1. The number of nitrogens with one attached hydrogen (secondary N) is 1. The Kier molecular flexibility index (Phi) is 3.22. The van der Waals surface area contributed by atoms with Crippen LogP contribution in [-0.2, 0) is 6.42 Å². The van der Waals surface area contributed by atoms with Crippen molar-refractivity contribution in [3.8, 4) is 0 Å². The lowest BCUT2D eigenvalue weighted by molar-refractivity contribution is -0.118.